The standard InChI is InChI=1S/C22H31N5OS/c1-16-17(2)24-22(25-20(16)27-11-5-6-12-27)29-15-18-8-7-9-19(14-18)21(28)23-10-13-26(3)4/h7-9,14H,5-6,10-13,15H2,1-4H3,(H,23,28). The zero-order chi connectivity index (χ0) is 20.8. The first-order valence-corrected chi connectivity index (χ1v) is 11.2. The highest BCUT2D eigenvalue weighted by Crippen LogP contribution is 2.28. The van der Waals surface area contributed by atoms with Crippen LogP contribution in [0.2, 0.25) is 0 Å². The minimum absolute atomic E-state index is 0.0301. The lowest BCUT2D eigenvalue weighted by molar-refractivity contribution is 0.0951. The molecular weight excluding hydrogens is 382 g/mol. The molecule has 1 aromatic carbocycles. The molecule has 0 saturated carbocycles. The molecule has 3 rings (SSSR count). The molecule has 0 spiro atoms. The van der Waals surface area contributed by atoms with Crippen molar-refractivity contribution in [3.8, 4) is 0 Å². The molecule has 0 aliphatic carbocycles. The smallest absolute Gasteiger partial charge is 0.251 e. The number of thioether (sulfide) groups is 1. The maximum atomic E-state index is 12.4. The molecule has 0 bridgehead atoms. The van der Waals surface area contributed by atoms with Crippen LogP contribution in [0, 0.1) is 13.8 Å². The van der Waals surface area contributed by atoms with Crippen molar-refractivity contribution >= 4 is 23.5 Å². The van der Waals surface area contributed by atoms with Crippen molar-refractivity contribution < 1.29 is 4.79 Å². The molecule has 0 radical (unpaired) electrons. The van der Waals surface area contributed by atoms with E-state index in [1.165, 1.54) is 18.4 Å². The summed E-state index contributed by atoms with van der Waals surface area (Å²) < 4.78 is 0. The molecule has 0 atom stereocenters. The Morgan fingerprint density at radius 2 is 1.97 bits per heavy atom. The average molecular weight is 414 g/mol. The first-order chi connectivity index (χ1) is 13.9. The second-order valence-electron chi connectivity index (χ2n) is 7.78. The van der Waals surface area contributed by atoms with Gasteiger partial charge in [0.2, 0.25) is 0 Å². The highest BCUT2D eigenvalue weighted by molar-refractivity contribution is 7.98. The Labute approximate surface area is 178 Å². The molecule has 0 unspecified atom stereocenters. The van der Waals surface area contributed by atoms with E-state index in [4.69, 9.17) is 4.98 Å². The van der Waals surface area contributed by atoms with Crippen LogP contribution in [0.5, 0.6) is 0 Å². The third-order valence-corrected chi connectivity index (χ3v) is 6.07. The minimum atomic E-state index is -0.0301. The Kier molecular flexibility index (Phi) is 7.50. The van der Waals surface area contributed by atoms with Gasteiger partial charge in [-0.25, -0.2) is 9.97 Å². The van der Waals surface area contributed by atoms with Gasteiger partial charge in [-0.05, 0) is 58.5 Å². The number of rotatable bonds is 8. The predicted molar refractivity (Wildman–Crippen MR) is 120 cm³/mol. The van der Waals surface area contributed by atoms with Gasteiger partial charge in [0.05, 0.1) is 0 Å². The normalized spacial score (nSPS) is 13.9. The van der Waals surface area contributed by atoms with Crippen LogP contribution in [0.4, 0.5) is 5.82 Å². The van der Waals surface area contributed by atoms with E-state index >= 15 is 0 Å². The summed E-state index contributed by atoms with van der Waals surface area (Å²) in [5.74, 6) is 1.78. The Bertz CT molecular complexity index is 849. The zero-order valence-electron chi connectivity index (χ0n) is 17.9. The van der Waals surface area contributed by atoms with E-state index in [2.05, 4.69) is 29.0 Å². The van der Waals surface area contributed by atoms with E-state index < -0.39 is 0 Å². The number of benzene rings is 1. The van der Waals surface area contributed by atoms with E-state index in [1.54, 1.807) is 11.8 Å². The second-order valence-corrected chi connectivity index (χ2v) is 8.73. The van der Waals surface area contributed by atoms with Crippen molar-refractivity contribution in [2.24, 2.45) is 0 Å². The van der Waals surface area contributed by atoms with Crippen molar-refractivity contribution in [3.63, 3.8) is 0 Å². The number of hydrogen-bond acceptors (Lipinski definition) is 6. The minimum Gasteiger partial charge on any atom is -0.356 e. The number of aromatic nitrogens is 2. The number of likely N-dealkylation sites (N-methyl/N-ethyl adjacent to an activating group) is 1. The summed E-state index contributed by atoms with van der Waals surface area (Å²) in [6.45, 7) is 7.78. The lowest BCUT2D eigenvalue weighted by atomic mass is 10.1. The van der Waals surface area contributed by atoms with Crippen molar-refractivity contribution in [1.82, 2.24) is 20.2 Å². The summed E-state index contributed by atoms with van der Waals surface area (Å²) in [4.78, 5) is 26.3. The molecule has 1 fully saturated rings. The van der Waals surface area contributed by atoms with Crippen LogP contribution in [-0.4, -0.2) is 61.0 Å². The van der Waals surface area contributed by atoms with Crippen LogP contribution < -0.4 is 10.2 Å². The maximum absolute atomic E-state index is 12.4. The van der Waals surface area contributed by atoms with Gasteiger partial charge in [0.1, 0.15) is 5.82 Å². The second kappa shape index (κ2) is 10.1. The number of anilines is 1. The summed E-state index contributed by atoms with van der Waals surface area (Å²) in [5.41, 5.74) is 4.01. The van der Waals surface area contributed by atoms with Gasteiger partial charge < -0.3 is 15.1 Å². The van der Waals surface area contributed by atoms with E-state index in [9.17, 15) is 4.79 Å². The fourth-order valence-electron chi connectivity index (χ4n) is 3.34. The van der Waals surface area contributed by atoms with Crippen molar-refractivity contribution in [2.45, 2.75) is 37.6 Å². The molecule has 1 aliphatic heterocycles. The lowest BCUT2D eigenvalue weighted by Crippen LogP contribution is -2.31. The fourth-order valence-corrected chi connectivity index (χ4v) is 4.16. The predicted octanol–water partition coefficient (Wildman–Crippen LogP) is 3.28. The molecule has 1 N–H and O–H groups in total. The van der Waals surface area contributed by atoms with Gasteiger partial charge in [-0.2, -0.15) is 0 Å². The zero-order valence-corrected chi connectivity index (χ0v) is 18.7. The molecule has 1 aromatic heterocycles. The van der Waals surface area contributed by atoms with Crippen LogP contribution >= 0.6 is 11.8 Å². The first kappa shape index (κ1) is 21.6. The highest BCUT2D eigenvalue weighted by atomic mass is 32.2. The monoisotopic (exact) mass is 413 g/mol. The molecule has 1 aliphatic rings. The maximum Gasteiger partial charge on any atom is 0.251 e. The summed E-state index contributed by atoms with van der Waals surface area (Å²) >= 11 is 1.62. The van der Waals surface area contributed by atoms with Crippen LogP contribution in [0.1, 0.15) is 40.0 Å². The van der Waals surface area contributed by atoms with Gasteiger partial charge in [-0.1, -0.05) is 23.9 Å². The number of aryl methyl sites for hydroxylation is 1. The molecule has 29 heavy (non-hydrogen) atoms. The quantitative estimate of drug-likeness (QED) is 0.529. The fraction of sp³-hybridized carbons (Fsp3) is 0.500. The lowest BCUT2D eigenvalue weighted by Gasteiger charge is -2.20. The van der Waals surface area contributed by atoms with Crippen LogP contribution in [0.3, 0.4) is 0 Å². The van der Waals surface area contributed by atoms with E-state index in [0.717, 1.165) is 47.6 Å². The molecule has 1 saturated heterocycles. The summed E-state index contributed by atoms with van der Waals surface area (Å²) in [6.07, 6.45) is 2.46. The van der Waals surface area contributed by atoms with Crippen molar-refractivity contribution in [2.75, 3.05) is 45.2 Å². The van der Waals surface area contributed by atoms with E-state index in [0.29, 0.717) is 12.1 Å². The Morgan fingerprint density at radius 1 is 1.21 bits per heavy atom. The molecule has 6 nitrogen and oxygen atoms in total. The van der Waals surface area contributed by atoms with Crippen molar-refractivity contribution in [1.29, 1.82) is 0 Å². The Hall–Kier alpha value is -2.12. The van der Waals surface area contributed by atoms with Gasteiger partial charge in [0.25, 0.3) is 5.91 Å². The number of nitrogens with zero attached hydrogens (tertiary/aromatic N) is 4. The van der Waals surface area contributed by atoms with Crippen LogP contribution in [-0.2, 0) is 5.75 Å². The summed E-state index contributed by atoms with van der Waals surface area (Å²) in [6, 6.07) is 7.80. The Balaban J connectivity index is 1.65. The number of carbonyl (C=O) groups excluding carboxylic acids is 1. The molecule has 2 aromatic rings. The molecular formula is C22H31N5OS. The highest BCUT2D eigenvalue weighted by Gasteiger charge is 2.18. The van der Waals surface area contributed by atoms with Gasteiger partial charge in [-0.15, -0.1) is 0 Å². The average Bonchev–Trinajstić information content (AvgIpc) is 3.23. The number of hydrogen-bond donors (Lipinski definition) is 1. The van der Waals surface area contributed by atoms with Crippen LogP contribution in [0.15, 0.2) is 29.4 Å². The van der Waals surface area contributed by atoms with E-state index in [1.807, 2.05) is 43.3 Å². The van der Waals surface area contributed by atoms with Crippen LogP contribution in [0.25, 0.3) is 0 Å². The number of carbonyl (C=O) groups is 1. The topological polar surface area (TPSA) is 61.4 Å². The Morgan fingerprint density at radius 3 is 2.69 bits per heavy atom. The largest absolute Gasteiger partial charge is 0.356 e. The van der Waals surface area contributed by atoms with Gasteiger partial charge >= 0.3 is 0 Å². The number of nitrogens with one attached hydrogen (secondary N) is 1. The van der Waals surface area contributed by atoms with Gasteiger partial charge in [-0.3, -0.25) is 4.79 Å². The van der Waals surface area contributed by atoms with E-state index in [-0.39, 0.29) is 5.91 Å². The summed E-state index contributed by atoms with van der Waals surface area (Å²) in [7, 11) is 3.99. The van der Waals surface area contributed by atoms with Gasteiger partial charge in [0, 0.05) is 48.8 Å². The molecule has 1 amide bonds. The molecule has 2 heterocycles. The van der Waals surface area contributed by atoms with Crippen molar-refractivity contribution in [3.05, 3.63) is 46.6 Å². The SMILES string of the molecule is Cc1nc(SCc2cccc(C(=O)NCCN(C)C)c2)nc(N2CCCC2)c1C. The number of amides is 1. The third-order valence-electron chi connectivity index (χ3n) is 5.15. The molecule has 7 heteroatoms. The molecule has 156 valence electrons. The summed E-state index contributed by atoms with van der Waals surface area (Å²) in [5, 5.41) is 3.77. The van der Waals surface area contributed by atoms with Gasteiger partial charge in [0.15, 0.2) is 5.16 Å². The third kappa shape index (κ3) is 5.93. The first-order valence-electron chi connectivity index (χ1n) is 10.2.